The fraction of sp³-hybridized carbons (Fsp3) is 0.438. The Bertz CT molecular complexity index is 593. The molecule has 0 atom stereocenters. The van der Waals surface area contributed by atoms with E-state index in [1.807, 2.05) is 23.1 Å². The quantitative estimate of drug-likeness (QED) is 0.937. The largest absolute Gasteiger partial charge is 0.335 e. The van der Waals surface area contributed by atoms with Crippen LogP contribution in [0.15, 0.2) is 30.3 Å². The Balaban J connectivity index is 1.63. The minimum absolute atomic E-state index is 0.230. The molecular formula is C16H20N4O. The average Bonchev–Trinajstić information content (AvgIpc) is 2.83. The lowest BCUT2D eigenvalue weighted by Crippen LogP contribution is -2.30. The number of rotatable bonds is 4. The van der Waals surface area contributed by atoms with Crippen molar-refractivity contribution < 1.29 is 4.79 Å². The highest BCUT2D eigenvalue weighted by molar-refractivity contribution is 5.76. The number of hydrogen-bond acceptors (Lipinski definition) is 3. The molecule has 0 bridgehead atoms. The topological polar surface area (TPSA) is 61.9 Å². The third-order valence-electron chi connectivity index (χ3n) is 3.80. The molecule has 5 nitrogen and oxygen atoms in total. The number of aromatic nitrogens is 3. The lowest BCUT2D eigenvalue weighted by molar-refractivity contribution is -0.131. The van der Waals surface area contributed by atoms with E-state index in [1.54, 1.807) is 0 Å². The van der Waals surface area contributed by atoms with Crippen LogP contribution in [0.1, 0.15) is 42.9 Å². The SMILES string of the molecule is O=C1CCCCCN1Cc1nc(Cc2ccccc2)n[nH]1. The number of H-pyrrole nitrogens is 1. The first-order chi connectivity index (χ1) is 10.3. The van der Waals surface area contributed by atoms with E-state index in [0.29, 0.717) is 19.4 Å². The standard InChI is InChI=1S/C16H20N4O/c21-16-9-5-2-6-10-20(16)12-15-17-14(18-19-15)11-13-7-3-1-4-8-13/h1,3-4,7-8H,2,5-6,9-12H2,(H,17,18,19). The Hall–Kier alpha value is -2.17. The van der Waals surface area contributed by atoms with Gasteiger partial charge in [0.2, 0.25) is 5.91 Å². The molecule has 110 valence electrons. The van der Waals surface area contributed by atoms with Crippen molar-refractivity contribution in [1.82, 2.24) is 20.1 Å². The van der Waals surface area contributed by atoms with Crippen LogP contribution in [-0.2, 0) is 17.8 Å². The Morgan fingerprint density at radius 2 is 2.00 bits per heavy atom. The molecule has 5 heteroatoms. The van der Waals surface area contributed by atoms with Gasteiger partial charge in [0.15, 0.2) is 5.82 Å². The van der Waals surface area contributed by atoms with Gasteiger partial charge >= 0.3 is 0 Å². The van der Waals surface area contributed by atoms with E-state index in [9.17, 15) is 4.79 Å². The van der Waals surface area contributed by atoms with Crippen LogP contribution in [0.4, 0.5) is 0 Å². The van der Waals surface area contributed by atoms with Gasteiger partial charge in [-0.05, 0) is 18.4 Å². The molecule has 0 unspecified atom stereocenters. The lowest BCUT2D eigenvalue weighted by atomic mass is 10.1. The lowest BCUT2D eigenvalue weighted by Gasteiger charge is -2.18. The number of nitrogens with zero attached hydrogens (tertiary/aromatic N) is 3. The monoisotopic (exact) mass is 284 g/mol. The Morgan fingerprint density at radius 1 is 1.14 bits per heavy atom. The molecule has 1 amide bonds. The Labute approximate surface area is 124 Å². The number of benzene rings is 1. The van der Waals surface area contributed by atoms with Crippen molar-refractivity contribution in [2.24, 2.45) is 0 Å². The maximum atomic E-state index is 12.0. The third-order valence-corrected chi connectivity index (χ3v) is 3.80. The molecule has 21 heavy (non-hydrogen) atoms. The predicted octanol–water partition coefficient (Wildman–Crippen LogP) is 2.30. The molecule has 3 rings (SSSR count). The summed E-state index contributed by atoms with van der Waals surface area (Å²) in [5.41, 5.74) is 1.19. The number of nitrogens with one attached hydrogen (secondary N) is 1. The second-order valence-corrected chi connectivity index (χ2v) is 5.49. The van der Waals surface area contributed by atoms with Crippen molar-refractivity contribution in [2.75, 3.05) is 6.54 Å². The highest BCUT2D eigenvalue weighted by Gasteiger charge is 2.18. The molecule has 1 aromatic carbocycles. The predicted molar refractivity (Wildman–Crippen MR) is 79.5 cm³/mol. The summed E-state index contributed by atoms with van der Waals surface area (Å²) in [7, 11) is 0. The van der Waals surface area contributed by atoms with Crippen LogP contribution in [0, 0.1) is 0 Å². The number of carbonyl (C=O) groups excluding carboxylic acids is 1. The number of amides is 1. The molecule has 0 radical (unpaired) electrons. The summed E-state index contributed by atoms with van der Waals surface area (Å²) < 4.78 is 0. The molecule has 2 aromatic rings. The van der Waals surface area contributed by atoms with Gasteiger partial charge in [-0.25, -0.2) is 4.98 Å². The minimum Gasteiger partial charge on any atom is -0.335 e. The molecule has 1 N–H and O–H groups in total. The fourth-order valence-corrected chi connectivity index (χ4v) is 2.65. The molecule has 0 saturated carbocycles. The van der Waals surface area contributed by atoms with Gasteiger partial charge in [0.25, 0.3) is 0 Å². The molecule has 0 spiro atoms. The van der Waals surface area contributed by atoms with Crippen molar-refractivity contribution in [3.8, 4) is 0 Å². The molecule has 1 aliphatic heterocycles. The van der Waals surface area contributed by atoms with Crippen molar-refractivity contribution in [3.63, 3.8) is 0 Å². The number of carbonyl (C=O) groups is 1. The third kappa shape index (κ3) is 3.68. The summed E-state index contributed by atoms with van der Waals surface area (Å²) in [5, 5.41) is 7.21. The van der Waals surface area contributed by atoms with Crippen LogP contribution < -0.4 is 0 Å². The van der Waals surface area contributed by atoms with Gasteiger partial charge in [0, 0.05) is 19.4 Å². The maximum absolute atomic E-state index is 12.0. The highest BCUT2D eigenvalue weighted by Crippen LogP contribution is 2.13. The number of likely N-dealkylation sites (tertiary alicyclic amines) is 1. The molecular weight excluding hydrogens is 264 g/mol. The van der Waals surface area contributed by atoms with Crippen LogP contribution in [0.2, 0.25) is 0 Å². The first kappa shape index (κ1) is 13.8. The summed E-state index contributed by atoms with van der Waals surface area (Å²) in [5.74, 6) is 1.78. The van der Waals surface area contributed by atoms with E-state index in [0.717, 1.165) is 37.5 Å². The van der Waals surface area contributed by atoms with Crippen molar-refractivity contribution in [1.29, 1.82) is 0 Å². The van der Waals surface area contributed by atoms with Gasteiger partial charge in [-0.3, -0.25) is 9.89 Å². The Morgan fingerprint density at radius 3 is 2.86 bits per heavy atom. The molecule has 1 aromatic heterocycles. The highest BCUT2D eigenvalue weighted by atomic mass is 16.2. The van der Waals surface area contributed by atoms with Crippen LogP contribution >= 0.6 is 0 Å². The van der Waals surface area contributed by atoms with E-state index < -0.39 is 0 Å². The first-order valence-corrected chi connectivity index (χ1v) is 7.53. The molecule has 1 saturated heterocycles. The van der Waals surface area contributed by atoms with E-state index in [-0.39, 0.29) is 5.91 Å². The van der Waals surface area contributed by atoms with Crippen LogP contribution in [0.3, 0.4) is 0 Å². The summed E-state index contributed by atoms with van der Waals surface area (Å²) in [6.45, 7) is 1.37. The first-order valence-electron chi connectivity index (χ1n) is 7.53. The number of hydrogen-bond donors (Lipinski definition) is 1. The van der Waals surface area contributed by atoms with Crippen molar-refractivity contribution in [2.45, 2.75) is 38.6 Å². The summed E-state index contributed by atoms with van der Waals surface area (Å²) in [4.78, 5) is 18.4. The molecule has 1 aliphatic rings. The summed E-state index contributed by atoms with van der Waals surface area (Å²) in [6, 6.07) is 10.2. The fourth-order valence-electron chi connectivity index (χ4n) is 2.65. The maximum Gasteiger partial charge on any atom is 0.222 e. The smallest absolute Gasteiger partial charge is 0.222 e. The average molecular weight is 284 g/mol. The van der Waals surface area contributed by atoms with E-state index in [4.69, 9.17) is 0 Å². The zero-order valence-corrected chi connectivity index (χ0v) is 12.1. The van der Waals surface area contributed by atoms with Gasteiger partial charge < -0.3 is 4.90 Å². The van der Waals surface area contributed by atoms with Gasteiger partial charge in [-0.15, -0.1) is 0 Å². The second kappa shape index (κ2) is 6.52. The van der Waals surface area contributed by atoms with Gasteiger partial charge in [0.1, 0.15) is 5.82 Å². The van der Waals surface area contributed by atoms with Crippen LogP contribution in [0.25, 0.3) is 0 Å². The van der Waals surface area contributed by atoms with Gasteiger partial charge in [0.05, 0.1) is 6.54 Å². The molecule has 2 heterocycles. The van der Waals surface area contributed by atoms with Crippen LogP contribution in [0.5, 0.6) is 0 Å². The summed E-state index contributed by atoms with van der Waals surface area (Å²) >= 11 is 0. The number of aromatic amines is 1. The van der Waals surface area contributed by atoms with Gasteiger partial charge in [-0.1, -0.05) is 36.8 Å². The molecule has 1 fully saturated rings. The second-order valence-electron chi connectivity index (χ2n) is 5.49. The van der Waals surface area contributed by atoms with E-state index in [1.165, 1.54) is 5.56 Å². The minimum atomic E-state index is 0.230. The van der Waals surface area contributed by atoms with Crippen molar-refractivity contribution in [3.05, 3.63) is 47.5 Å². The zero-order valence-electron chi connectivity index (χ0n) is 12.1. The van der Waals surface area contributed by atoms with Gasteiger partial charge in [-0.2, -0.15) is 5.10 Å². The van der Waals surface area contributed by atoms with Crippen LogP contribution in [-0.4, -0.2) is 32.5 Å². The zero-order chi connectivity index (χ0) is 14.5. The Kier molecular flexibility index (Phi) is 4.28. The normalized spacial score (nSPS) is 16.0. The molecule has 0 aliphatic carbocycles. The van der Waals surface area contributed by atoms with E-state index >= 15 is 0 Å². The van der Waals surface area contributed by atoms with E-state index in [2.05, 4.69) is 27.3 Å². The summed E-state index contributed by atoms with van der Waals surface area (Å²) in [6.07, 6.45) is 4.59. The van der Waals surface area contributed by atoms with Crippen molar-refractivity contribution >= 4 is 5.91 Å².